The Labute approximate surface area is 322 Å². The lowest BCUT2D eigenvalue weighted by atomic mass is 10.0. The van der Waals surface area contributed by atoms with Crippen LogP contribution in [0.5, 0.6) is 0 Å². The first-order valence-corrected chi connectivity index (χ1v) is 19.1. The summed E-state index contributed by atoms with van der Waals surface area (Å²) in [6.45, 7) is 0. The van der Waals surface area contributed by atoms with Gasteiger partial charge in [-0.15, -0.1) is 0 Å². The number of anilines is 9. The monoisotopic (exact) mass is 744 g/mol. The molecule has 0 atom stereocenters. The van der Waals surface area contributed by atoms with Crippen molar-refractivity contribution >= 4 is 51.4 Å². The SMILES string of the molecule is Fc1c(N2c3ccccc3CCc3ccccc32)nc(N2c3ccccc3CCc3ccccc32)c(C(F)(F)F)c1N1c2ccccc2CCc2ccccc21. The van der Waals surface area contributed by atoms with E-state index in [0.717, 1.165) is 33.4 Å². The van der Waals surface area contributed by atoms with Crippen LogP contribution in [0, 0.1) is 5.82 Å². The summed E-state index contributed by atoms with van der Waals surface area (Å²) < 4.78 is 68.3. The fourth-order valence-corrected chi connectivity index (χ4v) is 8.84. The third kappa shape index (κ3) is 5.54. The first-order valence-electron chi connectivity index (χ1n) is 19.1. The van der Waals surface area contributed by atoms with E-state index in [9.17, 15) is 0 Å². The second kappa shape index (κ2) is 13.4. The Morgan fingerprint density at radius 3 is 0.946 bits per heavy atom. The van der Waals surface area contributed by atoms with E-state index in [1.54, 1.807) is 34.1 Å². The number of hydrogen-bond donors (Lipinski definition) is 0. The lowest BCUT2D eigenvalue weighted by Gasteiger charge is -2.36. The van der Waals surface area contributed by atoms with Crippen molar-refractivity contribution in [1.29, 1.82) is 0 Å². The zero-order valence-electron chi connectivity index (χ0n) is 30.4. The normalized spacial score (nSPS) is 14.6. The number of rotatable bonds is 3. The van der Waals surface area contributed by atoms with Crippen molar-refractivity contribution in [2.75, 3.05) is 14.7 Å². The standard InChI is InChI=1S/C48H36F4N4/c49-44-45(54-37-19-7-1-13-31(37)25-26-32-14-2-8-20-38(32)54)43(48(50,51)52)46(55-39-21-9-3-15-33(39)27-28-34-16-4-10-22-40(34)55)53-47(44)56-41-23-11-5-17-35(41)29-30-36-18-6-12-24-42(36)56/h1-24H,25-30H2. The van der Waals surface area contributed by atoms with Gasteiger partial charge in [0.2, 0.25) is 0 Å². The molecule has 0 bridgehead atoms. The highest BCUT2D eigenvalue weighted by molar-refractivity contribution is 5.93. The smallest absolute Gasteiger partial charge is 0.306 e. The third-order valence-electron chi connectivity index (χ3n) is 11.4. The van der Waals surface area contributed by atoms with Gasteiger partial charge in [0, 0.05) is 11.4 Å². The van der Waals surface area contributed by atoms with Gasteiger partial charge in [-0.1, -0.05) is 109 Å². The summed E-state index contributed by atoms with van der Waals surface area (Å²) in [5.74, 6) is -1.65. The van der Waals surface area contributed by atoms with Gasteiger partial charge in [-0.25, -0.2) is 9.37 Å². The molecule has 0 aliphatic carbocycles. The molecule has 8 heteroatoms. The molecule has 3 aliphatic rings. The van der Waals surface area contributed by atoms with Crippen LogP contribution < -0.4 is 14.7 Å². The molecule has 0 unspecified atom stereocenters. The molecule has 0 fully saturated rings. The summed E-state index contributed by atoms with van der Waals surface area (Å²) >= 11 is 0. The van der Waals surface area contributed by atoms with Crippen LogP contribution in [0.1, 0.15) is 38.9 Å². The zero-order valence-corrected chi connectivity index (χ0v) is 30.4. The van der Waals surface area contributed by atoms with Crippen molar-refractivity contribution in [2.24, 2.45) is 0 Å². The Balaban J connectivity index is 1.40. The number of aryl methyl sites for hydroxylation is 6. The molecule has 0 N–H and O–H groups in total. The maximum Gasteiger partial charge on any atom is 0.422 e. The van der Waals surface area contributed by atoms with Gasteiger partial charge in [-0.3, -0.25) is 9.80 Å². The van der Waals surface area contributed by atoms with Crippen molar-refractivity contribution in [1.82, 2.24) is 4.98 Å². The maximum absolute atomic E-state index is 18.6. The number of para-hydroxylation sites is 6. The Kier molecular flexibility index (Phi) is 8.17. The lowest BCUT2D eigenvalue weighted by molar-refractivity contribution is -0.136. The summed E-state index contributed by atoms with van der Waals surface area (Å²) in [5, 5.41) is 0. The molecular weight excluding hydrogens is 709 g/mol. The molecule has 3 aliphatic heterocycles. The van der Waals surface area contributed by atoms with E-state index < -0.39 is 23.2 Å². The summed E-state index contributed by atoms with van der Waals surface area (Å²) in [6.07, 6.45) is -1.30. The fourth-order valence-electron chi connectivity index (χ4n) is 8.84. The molecule has 56 heavy (non-hydrogen) atoms. The Morgan fingerprint density at radius 1 is 0.375 bits per heavy atom. The van der Waals surface area contributed by atoms with Crippen molar-refractivity contribution in [3.63, 3.8) is 0 Å². The minimum atomic E-state index is -5.04. The van der Waals surface area contributed by atoms with Gasteiger partial charge in [0.15, 0.2) is 17.5 Å². The molecule has 0 amide bonds. The van der Waals surface area contributed by atoms with Crippen LogP contribution in [-0.4, -0.2) is 4.98 Å². The number of fused-ring (bicyclic) bond motifs is 6. The molecule has 0 saturated heterocycles. The van der Waals surface area contributed by atoms with Crippen LogP contribution in [0.3, 0.4) is 0 Å². The second-order valence-electron chi connectivity index (χ2n) is 14.6. The second-order valence-corrected chi connectivity index (χ2v) is 14.6. The predicted octanol–water partition coefficient (Wildman–Crippen LogP) is 12.9. The first-order chi connectivity index (χ1) is 27.4. The molecule has 6 aromatic carbocycles. The van der Waals surface area contributed by atoms with Crippen LogP contribution in [0.15, 0.2) is 146 Å². The average molecular weight is 745 g/mol. The van der Waals surface area contributed by atoms with E-state index in [4.69, 9.17) is 4.98 Å². The topological polar surface area (TPSA) is 22.6 Å². The minimum absolute atomic E-state index is 0.205. The zero-order chi connectivity index (χ0) is 38.0. The molecule has 0 spiro atoms. The van der Waals surface area contributed by atoms with Gasteiger partial charge in [0.05, 0.1) is 22.7 Å². The van der Waals surface area contributed by atoms with Gasteiger partial charge in [-0.05, 0) is 108 Å². The third-order valence-corrected chi connectivity index (χ3v) is 11.4. The maximum atomic E-state index is 18.6. The highest BCUT2D eigenvalue weighted by Crippen LogP contribution is 2.56. The largest absolute Gasteiger partial charge is 0.422 e. The minimum Gasteiger partial charge on any atom is -0.306 e. The number of pyridine rings is 1. The van der Waals surface area contributed by atoms with Gasteiger partial charge < -0.3 is 4.90 Å². The molecule has 4 nitrogen and oxygen atoms in total. The highest BCUT2D eigenvalue weighted by atomic mass is 19.4. The predicted molar refractivity (Wildman–Crippen MR) is 215 cm³/mol. The van der Waals surface area contributed by atoms with E-state index in [1.807, 2.05) is 121 Å². The van der Waals surface area contributed by atoms with E-state index in [1.165, 1.54) is 4.90 Å². The van der Waals surface area contributed by atoms with Crippen LogP contribution in [0.4, 0.5) is 69.0 Å². The molecule has 1 aromatic heterocycles. The van der Waals surface area contributed by atoms with E-state index in [-0.39, 0.29) is 11.6 Å². The van der Waals surface area contributed by atoms with Gasteiger partial charge in [0.1, 0.15) is 11.3 Å². The molecule has 0 radical (unpaired) electrons. The lowest BCUT2D eigenvalue weighted by Crippen LogP contribution is -2.27. The fraction of sp³-hybridized carbons (Fsp3) is 0.146. The van der Waals surface area contributed by atoms with Crippen LogP contribution in [-0.2, 0) is 44.7 Å². The summed E-state index contributed by atoms with van der Waals surface area (Å²) in [7, 11) is 0. The van der Waals surface area contributed by atoms with E-state index in [2.05, 4.69) is 0 Å². The number of halogens is 4. The number of hydrogen-bond acceptors (Lipinski definition) is 4. The molecular formula is C48H36F4N4. The van der Waals surface area contributed by atoms with Gasteiger partial charge >= 0.3 is 6.18 Å². The number of nitrogens with zero attached hydrogens (tertiary/aromatic N) is 4. The van der Waals surface area contributed by atoms with Crippen LogP contribution in [0.2, 0.25) is 0 Å². The number of benzene rings is 6. The summed E-state index contributed by atoms with van der Waals surface area (Å²) in [4.78, 5) is 9.86. The van der Waals surface area contributed by atoms with Crippen molar-refractivity contribution < 1.29 is 17.6 Å². The first kappa shape index (κ1) is 34.1. The van der Waals surface area contributed by atoms with E-state index >= 15 is 17.6 Å². The van der Waals surface area contributed by atoms with Crippen molar-refractivity contribution in [3.05, 3.63) is 190 Å². The Bertz CT molecular complexity index is 2510. The van der Waals surface area contributed by atoms with E-state index in [0.29, 0.717) is 72.6 Å². The summed E-state index contributed by atoms with van der Waals surface area (Å²) in [6, 6.07) is 45.3. The van der Waals surface area contributed by atoms with Crippen molar-refractivity contribution in [3.8, 4) is 0 Å². The number of aromatic nitrogens is 1. The van der Waals surface area contributed by atoms with Gasteiger partial charge in [0.25, 0.3) is 0 Å². The van der Waals surface area contributed by atoms with Crippen LogP contribution >= 0.6 is 0 Å². The average Bonchev–Trinajstić information content (AvgIpc) is 3.58. The highest BCUT2D eigenvalue weighted by Gasteiger charge is 2.46. The van der Waals surface area contributed by atoms with Crippen molar-refractivity contribution in [2.45, 2.75) is 44.7 Å². The number of alkyl halides is 3. The molecule has 276 valence electrons. The Hall–Kier alpha value is -6.41. The molecule has 10 rings (SSSR count). The van der Waals surface area contributed by atoms with Gasteiger partial charge in [-0.2, -0.15) is 13.2 Å². The van der Waals surface area contributed by atoms with Crippen LogP contribution in [0.25, 0.3) is 0 Å². The molecule has 7 aromatic rings. The quantitative estimate of drug-likeness (QED) is 0.168. The Morgan fingerprint density at radius 2 is 0.643 bits per heavy atom. The molecule has 0 saturated carbocycles. The summed E-state index contributed by atoms with van der Waals surface area (Å²) in [5.41, 5.74) is 7.07. The molecule has 4 heterocycles.